The number of carbonyl (C=O) groups excluding carboxylic acids is 1. The van der Waals surface area contributed by atoms with Crippen LogP contribution in [-0.4, -0.2) is 5.78 Å². The Morgan fingerprint density at radius 1 is 1.10 bits per heavy atom. The Morgan fingerprint density at radius 3 is 2.65 bits per heavy atom. The number of hydrogen-bond acceptors (Lipinski definition) is 2. The Morgan fingerprint density at radius 2 is 1.90 bits per heavy atom. The van der Waals surface area contributed by atoms with Crippen LogP contribution in [0.1, 0.15) is 21.7 Å². The summed E-state index contributed by atoms with van der Waals surface area (Å²) in [6.07, 6.45) is 0. The minimum Gasteiger partial charge on any atom is -0.452 e. The van der Waals surface area contributed by atoms with Gasteiger partial charge in [-0.3, -0.25) is 4.79 Å². The molecule has 0 aliphatic carbocycles. The third-order valence-corrected chi connectivity index (χ3v) is 4.32. The minimum atomic E-state index is -0.131. The molecule has 0 radical (unpaired) electrons. The molecule has 0 fully saturated rings. The van der Waals surface area contributed by atoms with Gasteiger partial charge in [-0.15, -0.1) is 0 Å². The van der Waals surface area contributed by atoms with Crippen LogP contribution in [0.2, 0.25) is 0 Å². The highest BCUT2D eigenvalue weighted by atomic mass is 79.9. The fourth-order valence-corrected chi connectivity index (χ4v) is 2.91. The van der Waals surface area contributed by atoms with E-state index in [0.29, 0.717) is 11.3 Å². The van der Waals surface area contributed by atoms with E-state index in [0.717, 1.165) is 25.5 Å². The van der Waals surface area contributed by atoms with Crippen LogP contribution < -0.4 is 0 Å². The van der Waals surface area contributed by atoms with Crippen molar-refractivity contribution in [1.82, 2.24) is 0 Å². The molecule has 20 heavy (non-hydrogen) atoms. The van der Waals surface area contributed by atoms with Gasteiger partial charge in [-0.1, -0.05) is 50.1 Å². The second-order valence-corrected chi connectivity index (χ2v) is 6.33. The molecule has 2 aromatic carbocycles. The lowest BCUT2D eigenvalue weighted by atomic mass is 10.1. The highest BCUT2D eigenvalue weighted by Gasteiger charge is 2.18. The zero-order valence-corrected chi connectivity index (χ0v) is 13.8. The number of ketones is 1. The normalized spacial score (nSPS) is 10.9. The van der Waals surface area contributed by atoms with Crippen LogP contribution in [-0.2, 0) is 0 Å². The quantitative estimate of drug-likeness (QED) is 0.538. The van der Waals surface area contributed by atoms with E-state index in [1.807, 2.05) is 37.3 Å². The molecule has 0 unspecified atom stereocenters. The fourth-order valence-electron chi connectivity index (χ4n) is 2.13. The second-order valence-electron chi connectivity index (χ2n) is 4.56. The largest absolute Gasteiger partial charge is 0.452 e. The molecule has 1 heterocycles. The van der Waals surface area contributed by atoms with Crippen molar-refractivity contribution < 1.29 is 9.21 Å². The first-order valence-electron chi connectivity index (χ1n) is 6.05. The average Bonchev–Trinajstić information content (AvgIpc) is 2.86. The van der Waals surface area contributed by atoms with Gasteiger partial charge in [0.25, 0.3) is 0 Å². The smallest absolute Gasteiger partial charge is 0.229 e. The summed E-state index contributed by atoms with van der Waals surface area (Å²) in [6, 6.07) is 13.2. The molecular weight excluding hydrogens is 384 g/mol. The number of aryl methyl sites for hydroxylation is 1. The lowest BCUT2D eigenvalue weighted by molar-refractivity contribution is 0.101. The first-order valence-corrected chi connectivity index (χ1v) is 7.64. The lowest BCUT2D eigenvalue weighted by Gasteiger charge is -2.02. The summed E-state index contributed by atoms with van der Waals surface area (Å²) in [5.74, 6) is 0.224. The van der Waals surface area contributed by atoms with Crippen LogP contribution >= 0.6 is 31.9 Å². The Bertz CT molecular complexity index is 818. The molecular formula is C16H10Br2O2. The summed E-state index contributed by atoms with van der Waals surface area (Å²) in [5, 5.41) is 0.944. The molecule has 4 heteroatoms. The van der Waals surface area contributed by atoms with E-state index in [9.17, 15) is 4.79 Å². The maximum Gasteiger partial charge on any atom is 0.229 e. The first kappa shape index (κ1) is 13.6. The van der Waals surface area contributed by atoms with Crippen LogP contribution in [0.3, 0.4) is 0 Å². The van der Waals surface area contributed by atoms with Gasteiger partial charge in [0.15, 0.2) is 5.76 Å². The summed E-state index contributed by atoms with van der Waals surface area (Å²) in [5.41, 5.74) is 2.37. The van der Waals surface area contributed by atoms with Crippen molar-refractivity contribution in [2.75, 3.05) is 0 Å². The Hall–Kier alpha value is -1.39. The summed E-state index contributed by atoms with van der Waals surface area (Å²) < 4.78 is 7.33. The molecule has 3 aromatic rings. The standard InChI is InChI=1S/C16H10Br2O2/c1-9-3-2-4-10-7-14(20-16(9)10)15(19)12-8-11(17)5-6-13(12)18/h2-8H,1H3. The van der Waals surface area contributed by atoms with Gasteiger partial charge >= 0.3 is 0 Å². The molecule has 100 valence electrons. The lowest BCUT2D eigenvalue weighted by Crippen LogP contribution is -2.00. The van der Waals surface area contributed by atoms with Crippen molar-refractivity contribution in [2.24, 2.45) is 0 Å². The van der Waals surface area contributed by atoms with Gasteiger partial charge in [-0.2, -0.15) is 0 Å². The summed E-state index contributed by atoms with van der Waals surface area (Å²) in [4.78, 5) is 12.6. The first-order chi connectivity index (χ1) is 9.56. The van der Waals surface area contributed by atoms with E-state index in [1.54, 1.807) is 12.1 Å². The maximum absolute atomic E-state index is 12.6. The molecule has 0 amide bonds. The summed E-state index contributed by atoms with van der Waals surface area (Å²) in [7, 11) is 0. The highest BCUT2D eigenvalue weighted by Crippen LogP contribution is 2.28. The second kappa shape index (κ2) is 5.19. The van der Waals surface area contributed by atoms with Gasteiger partial charge in [-0.25, -0.2) is 0 Å². The average molecular weight is 394 g/mol. The number of fused-ring (bicyclic) bond motifs is 1. The number of halogens is 2. The fraction of sp³-hybridized carbons (Fsp3) is 0.0625. The van der Waals surface area contributed by atoms with Crippen LogP contribution in [0.5, 0.6) is 0 Å². The van der Waals surface area contributed by atoms with E-state index < -0.39 is 0 Å². The van der Waals surface area contributed by atoms with E-state index in [4.69, 9.17) is 4.42 Å². The van der Waals surface area contributed by atoms with Crippen molar-refractivity contribution in [2.45, 2.75) is 6.92 Å². The molecule has 2 nitrogen and oxygen atoms in total. The molecule has 0 saturated carbocycles. The Labute approximate surface area is 133 Å². The topological polar surface area (TPSA) is 30.2 Å². The molecule has 0 aliphatic heterocycles. The predicted octanol–water partition coefficient (Wildman–Crippen LogP) is 5.50. The SMILES string of the molecule is Cc1cccc2cc(C(=O)c3cc(Br)ccc3Br)oc12. The zero-order chi connectivity index (χ0) is 14.3. The van der Waals surface area contributed by atoms with Gasteiger partial charge in [0, 0.05) is 19.9 Å². The maximum atomic E-state index is 12.6. The van der Waals surface area contributed by atoms with E-state index in [2.05, 4.69) is 31.9 Å². The van der Waals surface area contributed by atoms with Crippen molar-refractivity contribution in [1.29, 1.82) is 0 Å². The predicted molar refractivity (Wildman–Crippen MR) is 86.2 cm³/mol. The zero-order valence-electron chi connectivity index (χ0n) is 10.6. The molecule has 3 rings (SSSR count). The third-order valence-electron chi connectivity index (χ3n) is 3.14. The van der Waals surface area contributed by atoms with Gasteiger partial charge in [0.2, 0.25) is 5.78 Å². The number of para-hydroxylation sites is 1. The van der Waals surface area contributed by atoms with Crippen molar-refractivity contribution in [3.05, 3.63) is 68.3 Å². The third kappa shape index (κ3) is 2.34. The molecule has 0 spiro atoms. The van der Waals surface area contributed by atoms with E-state index in [1.165, 1.54) is 0 Å². The number of furan rings is 1. The molecule has 0 atom stereocenters. The van der Waals surface area contributed by atoms with Gasteiger partial charge in [-0.05, 0) is 36.8 Å². The number of rotatable bonds is 2. The van der Waals surface area contributed by atoms with Crippen LogP contribution in [0.25, 0.3) is 11.0 Å². The monoisotopic (exact) mass is 392 g/mol. The van der Waals surface area contributed by atoms with Gasteiger partial charge in [0.1, 0.15) is 5.58 Å². The summed E-state index contributed by atoms with van der Waals surface area (Å²) >= 11 is 6.78. The van der Waals surface area contributed by atoms with Crippen LogP contribution in [0.4, 0.5) is 0 Å². The molecule has 0 N–H and O–H groups in total. The van der Waals surface area contributed by atoms with Crippen molar-refractivity contribution in [3.8, 4) is 0 Å². The van der Waals surface area contributed by atoms with Crippen LogP contribution in [0.15, 0.2) is 55.8 Å². The van der Waals surface area contributed by atoms with Crippen molar-refractivity contribution in [3.63, 3.8) is 0 Å². The van der Waals surface area contributed by atoms with E-state index >= 15 is 0 Å². The van der Waals surface area contributed by atoms with Crippen molar-refractivity contribution >= 4 is 48.6 Å². The highest BCUT2D eigenvalue weighted by molar-refractivity contribution is 9.11. The molecule has 0 saturated heterocycles. The van der Waals surface area contributed by atoms with E-state index in [-0.39, 0.29) is 5.78 Å². The molecule has 0 aliphatic rings. The number of carbonyl (C=O) groups is 1. The van der Waals surface area contributed by atoms with Crippen LogP contribution in [0, 0.1) is 6.92 Å². The molecule has 1 aromatic heterocycles. The van der Waals surface area contributed by atoms with Gasteiger partial charge in [0.05, 0.1) is 0 Å². The Kier molecular flexibility index (Phi) is 3.52. The number of benzene rings is 2. The number of hydrogen-bond donors (Lipinski definition) is 0. The minimum absolute atomic E-state index is 0.131. The van der Waals surface area contributed by atoms with Gasteiger partial charge < -0.3 is 4.42 Å². The Balaban J connectivity index is 2.13. The molecule has 0 bridgehead atoms. The summed E-state index contributed by atoms with van der Waals surface area (Å²) in [6.45, 7) is 1.97.